The van der Waals surface area contributed by atoms with Gasteiger partial charge in [0.1, 0.15) is 18.0 Å². The van der Waals surface area contributed by atoms with Crippen LogP contribution in [0.5, 0.6) is 0 Å². The summed E-state index contributed by atoms with van der Waals surface area (Å²) in [6, 6.07) is 26.4. The molecular weight excluding hydrogens is 613 g/mol. The van der Waals surface area contributed by atoms with Crippen molar-refractivity contribution >= 4 is 12.1 Å². The number of benzene rings is 3. The Kier molecular flexibility index (Phi) is 16.5. The van der Waals surface area contributed by atoms with Crippen molar-refractivity contribution in [2.45, 2.75) is 90.8 Å². The van der Waals surface area contributed by atoms with E-state index in [1.807, 2.05) is 60.7 Å². The number of rotatable bonds is 18. The molecule has 1 aliphatic rings. The number of hydrogen-bond donors (Lipinski definition) is 1. The van der Waals surface area contributed by atoms with E-state index in [1.165, 1.54) is 25.0 Å². The van der Waals surface area contributed by atoms with Gasteiger partial charge in [-0.15, -0.1) is 0 Å². The molecule has 1 aliphatic carbocycles. The van der Waals surface area contributed by atoms with E-state index in [0.717, 1.165) is 36.1 Å². The fourth-order valence-electron chi connectivity index (χ4n) is 4.99. The molecule has 3 aromatic carbocycles. The van der Waals surface area contributed by atoms with Crippen molar-refractivity contribution in [1.29, 1.82) is 0 Å². The second kappa shape index (κ2) is 20.5. The molecule has 8 nitrogen and oxygen atoms in total. The van der Waals surface area contributed by atoms with Crippen LogP contribution >= 0.6 is 0 Å². The maximum atomic E-state index is 13.6. The second-order valence-electron chi connectivity index (χ2n) is 13.2. The van der Waals surface area contributed by atoms with Crippen LogP contribution in [-0.4, -0.2) is 49.7 Å². The Morgan fingerprint density at radius 3 is 1.98 bits per heavy atom. The first-order chi connectivity index (χ1) is 23.0. The Balaban J connectivity index is 0.000000694. The summed E-state index contributed by atoms with van der Waals surface area (Å²) in [6.45, 7) is 9.63. The molecule has 0 saturated heterocycles. The minimum absolute atomic E-state index is 0.0972. The molecule has 0 bridgehead atoms. The summed E-state index contributed by atoms with van der Waals surface area (Å²) in [4.78, 5) is 22.2. The van der Waals surface area contributed by atoms with Gasteiger partial charge in [0, 0.05) is 13.2 Å². The summed E-state index contributed by atoms with van der Waals surface area (Å²) >= 11 is 0. The van der Waals surface area contributed by atoms with Crippen LogP contribution in [0.2, 0.25) is 0 Å². The van der Waals surface area contributed by atoms with E-state index in [9.17, 15) is 14.0 Å². The fourth-order valence-corrected chi connectivity index (χ4v) is 4.99. The molecule has 0 aliphatic heterocycles. The van der Waals surface area contributed by atoms with Crippen LogP contribution in [0.4, 0.5) is 9.18 Å². The minimum Gasteiger partial charge on any atom is -0.461 e. The van der Waals surface area contributed by atoms with Crippen molar-refractivity contribution in [1.82, 2.24) is 0 Å². The van der Waals surface area contributed by atoms with Gasteiger partial charge in [-0.05, 0) is 94.0 Å². The highest BCUT2D eigenvalue weighted by Gasteiger charge is 2.31. The zero-order valence-corrected chi connectivity index (χ0v) is 28.8. The van der Waals surface area contributed by atoms with Crippen molar-refractivity contribution < 1.29 is 37.7 Å². The van der Waals surface area contributed by atoms with Crippen LogP contribution < -0.4 is 5.73 Å². The van der Waals surface area contributed by atoms with Gasteiger partial charge in [0.15, 0.2) is 0 Å². The highest BCUT2D eigenvalue weighted by atomic mass is 19.1. The molecule has 1 saturated carbocycles. The van der Waals surface area contributed by atoms with Crippen molar-refractivity contribution in [2.75, 3.05) is 19.8 Å². The number of carbonyl (C=O) groups excluding carboxylic acids is 2. The van der Waals surface area contributed by atoms with E-state index < -0.39 is 11.7 Å². The lowest BCUT2D eigenvalue weighted by Gasteiger charge is -2.32. The van der Waals surface area contributed by atoms with Gasteiger partial charge in [0.25, 0.3) is 0 Å². The summed E-state index contributed by atoms with van der Waals surface area (Å²) in [5.74, 6) is 0.192. The third-order valence-electron chi connectivity index (χ3n) is 7.65. The minimum atomic E-state index is -0.725. The average Bonchev–Trinajstić information content (AvgIpc) is 3.88. The Hall–Kier alpha value is -3.79. The Bertz CT molecular complexity index is 1330. The summed E-state index contributed by atoms with van der Waals surface area (Å²) < 4.78 is 42.2. The van der Waals surface area contributed by atoms with Gasteiger partial charge in [-0.25, -0.2) is 9.18 Å². The number of amides is 1. The third-order valence-corrected chi connectivity index (χ3v) is 7.65. The maximum Gasteiger partial charge on any atom is 0.405 e. The molecule has 1 fully saturated rings. The number of esters is 1. The fraction of sp³-hybridized carbons (Fsp3) is 0.487. The zero-order chi connectivity index (χ0) is 34.8. The molecule has 3 aromatic rings. The second-order valence-corrected chi connectivity index (χ2v) is 13.2. The number of carbonyl (C=O) groups is 2. The van der Waals surface area contributed by atoms with Crippen LogP contribution in [0, 0.1) is 17.7 Å². The lowest BCUT2D eigenvalue weighted by molar-refractivity contribution is -0.146. The number of nitrogens with two attached hydrogens (primary N) is 1. The first-order valence-electron chi connectivity index (χ1n) is 16.8. The predicted octanol–water partition coefficient (Wildman–Crippen LogP) is 7.81. The molecule has 3 atom stereocenters. The van der Waals surface area contributed by atoms with Gasteiger partial charge in [-0.1, -0.05) is 72.8 Å². The van der Waals surface area contributed by atoms with Crippen molar-refractivity contribution in [3.8, 4) is 0 Å². The number of halogens is 1. The lowest BCUT2D eigenvalue weighted by atomic mass is 9.88. The van der Waals surface area contributed by atoms with Crippen LogP contribution in [0.15, 0.2) is 84.9 Å². The zero-order valence-electron chi connectivity index (χ0n) is 28.8. The SMILES string of the molecule is CC(C)(C)OC(N)=O.CC(OCc1ccccc1)[C@H](OCC1CC1)C(CCOCCC(=O)OCc1ccccc1)Cc1ccc(F)cc1. The van der Waals surface area contributed by atoms with Crippen LogP contribution in [0.25, 0.3) is 0 Å². The van der Waals surface area contributed by atoms with Crippen LogP contribution in [-0.2, 0) is 48.1 Å². The van der Waals surface area contributed by atoms with Crippen molar-refractivity contribution in [3.63, 3.8) is 0 Å². The van der Waals surface area contributed by atoms with Gasteiger partial charge in [-0.2, -0.15) is 0 Å². The number of hydrogen-bond acceptors (Lipinski definition) is 7. The van der Waals surface area contributed by atoms with E-state index in [2.05, 4.69) is 23.8 Å². The lowest BCUT2D eigenvalue weighted by Crippen LogP contribution is -2.38. The van der Waals surface area contributed by atoms with Crippen LogP contribution in [0.1, 0.15) is 70.1 Å². The highest BCUT2D eigenvalue weighted by molar-refractivity contribution is 5.69. The number of ether oxygens (including phenoxy) is 5. The van der Waals surface area contributed by atoms with E-state index in [1.54, 1.807) is 20.8 Å². The molecule has 48 heavy (non-hydrogen) atoms. The first-order valence-corrected chi connectivity index (χ1v) is 16.8. The van der Waals surface area contributed by atoms with Crippen molar-refractivity contribution in [2.24, 2.45) is 17.6 Å². The quantitative estimate of drug-likeness (QED) is 0.109. The van der Waals surface area contributed by atoms with Gasteiger partial charge in [0.05, 0.1) is 31.8 Å². The third kappa shape index (κ3) is 16.9. The molecule has 2 unspecified atom stereocenters. The molecule has 0 radical (unpaired) electrons. The molecule has 4 rings (SSSR count). The first kappa shape index (κ1) is 38.7. The van der Waals surface area contributed by atoms with Gasteiger partial charge < -0.3 is 29.4 Å². The summed E-state index contributed by atoms with van der Waals surface area (Å²) in [7, 11) is 0. The molecule has 0 spiro atoms. The van der Waals surface area contributed by atoms with E-state index in [0.29, 0.717) is 25.7 Å². The molecule has 2 N–H and O–H groups in total. The summed E-state index contributed by atoms with van der Waals surface area (Å²) in [5, 5.41) is 0. The molecule has 9 heteroatoms. The molecule has 1 amide bonds. The largest absolute Gasteiger partial charge is 0.461 e. The van der Waals surface area contributed by atoms with Gasteiger partial charge >= 0.3 is 12.1 Å². The Morgan fingerprint density at radius 1 is 0.833 bits per heavy atom. The maximum absolute atomic E-state index is 13.6. The smallest absolute Gasteiger partial charge is 0.405 e. The normalized spacial score (nSPS) is 14.6. The average molecular weight is 666 g/mol. The highest BCUT2D eigenvalue weighted by Crippen LogP contribution is 2.32. The van der Waals surface area contributed by atoms with E-state index >= 15 is 0 Å². The molecular formula is C39H52FNO7. The molecule has 0 aromatic heterocycles. The summed E-state index contributed by atoms with van der Waals surface area (Å²) in [6.07, 6.45) is 3.05. The Labute approximate surface area is 285 Å². The van der Waals surface area contributed by atoms with Gasteiger partial charge in [0.2, 0.25) is 0 Å². The monoisotopic (exact) mass is 665 g/mol. The van der Waals surface area contributed by atoms with Gasteiger partial charge in [-0.3, -0.25) is 4.79 Å². The molecule has 262 valence electrons. The molecule has 0 heterocycles. The topological polar surface area (TPSA) is 106 Å². The summed E-state index contributed by atoms with van der Waals surface area (Å²) in [5.41, 5.74) is 7.39. The predicted molar refractivity (Wildman–Crippen MR) is 183 cm³/mol. The van der Waals surface area contributed by atoms with E-state index in [-0.39, 0.29) is 42.9 Å². The Morgan fingerprint density at radius 2 is 1.44 bits per heavy atom. The van der Waals surface area contributed by atoms with Crippen LogP contribution in [0.3, 0.4) is 0 Å². The van der Waals surface area contributed by atoms with Crippen molar-refractivity contribution in [3.05, 3.63) is 107 Å². The standard InChI is InChI=1S/C34H41FO5.C5H11NO2/c1-26(38-23-28-8-4-2-5-9-28)34(40-25-30-12-13-30)31(22-27-14-16-32(35)17-15-27)18-20-37-21-19-33(36)39-24-29-10-6-3-7-11-29;1-5(2,3)8-4(6)7/h2-11,14-17,26,30-31,34H,12-13,18-25H2,1H3;1-3H3,(H2,6,7)/t26?,31?,34-;/m0./s1. The number of primary amides is 1. The van der Waals surface area contributed by atoms with E-state index in [4.69, 9.17) is 24.7 Å².